The Morgan fingerprint density at radius 2 is 2.11 bits per heavy atom. The van der Waals surface area contributed by atoms with E-state index in [1.165, 1.54) is 6.07 Å². The lowest BCUT2D eigenvalue weighted by atomic mass is 10.1. The van der Waals surface area contributed by atoms with Gasteiger partial charge in [0.15, 0.2) is 5.75 Å². The average molecular weight is 338 g/mol. The number of methoxy groups -OCH3 is 1. The Hall–Kier alpha value is -1.75. The molecule has 4 nitrogen and oxygen atoms in total. The number of carbonyl (C=O) groups is 1. The monoisotopic (exact) mass is 337 g/mol. The van der Waals surface area contributed by atoms with E-state index in [2.05, 4.69) is 25.4 Å². The summed E-state index contributed by atoms with van der Waals surface area (Å²) in [5, 5.41) is 8.79. The Bertz CT molecular complexity index is 537. The molecule has 0 atom stereocenters. The van der Waals surface area contributed by atoms with Crippen molar-refractivity contribution in [3.63, 3.8) is 0 Å². The molecule has 0 fully saturated rings. The quantitative estimate of drug-likeness (QED) is 0.795. The number of benzene rings is 1. The van der Waals surface area contributed by atoms with Crippen LogP contribution >= 0.6 is 15.9 Å². The van der Waals surface area contributed by atoms with Crippen molar-refractivity contribution in [2.24, 2.45) is 0 Å². The fourth-order valence-corrected chi connectivity index (χ4v) is 1.76. The van der Waals surface area contributed by atoms with Gasteiger partial charge in [-0.2, -0.15) is 5.26 Å². The maximum absolute atomic E-state index is 12.3. The van der Waals surface area contributed by atoms with E-state index in [1.54, 1.807) is 6.07 Å². The van der Waals surface area contributed by atoms with Crippen molar-refractivity contribution in [2.45, 2.75) is 12.8 Å². The van der Waals surface area contributed by atoms with Crippen LogP contribution in [0.25, 0.3) is 0 Å². The number of halogens is 4. The van der Waals surface area contributed by atoms with Crippen molar-refractivity contribution >= 4 is 21.9 Å². The first-order valence-corrected chi connectivity index (χ1v) is 5.62. The summed E-state index contributed by atoms with van der Waals surface area (Å²) < 4.78 is 45.4. The molecule has 0 radical (unpaired) electrons. The van der Waals surface area contributed by atoms with Crippen LogP contribution in [0.4, 0.5) is 13.2 Å². The summed E-state index contributed by atoms with van der Waals surface area (Å²) in [6, 6.07) is 4.10. The first kappa shape index (κ1) is 15.3. The summed E-state index contributed by atoms with van der Waals surface area (Å²) in [5.41, 5.74) is -0.414. The van der Waals surface area contributed by atoms with Crippen LogP contribution in [0.5, 0.6) is 5.75 Å². The predicted octanol–water partition coefficient (Wildman–Crippen LogP) is 2.93. The van der Waals surface area contributed by atoms with Crippen LogP contribution in [0.15, 0.2) is 16.6 Å². The third-order valence-electron chi connectivity index (χ3n) is 2.09. The van der Waals surface area contributed by atoms with Gasteiger partial charge >= 0.3 is 12.3 Å². The maximum atomic E-state index is 12.3. The highest BCUT2D eigenvalue weighted by atomic mass is 79.9. The SMILES string of the molecule is COC(=O)Cc1c(Br)ccc(C#N)c1OC(F)(F)F. The molecule has 0 aromatic heterocycles. The maximum Gasteiger partial charge on any atom is 0.573 e. The van der Waals surface area contributed by atoms with Crippen LogP contribution in [0.3, 0.4) is 0 Å². The number of alkyl halides is 3. The van der Waals surface area contributed by atoms with Crippen molar-refractivity contribution in [1.29, 1.82) is 5.26 Å². The van der Waals surface area contributed by atoms with E-state index >= 15 is 0 Å². The van der Waals surface area contributed by atoms with Crippen LogP contribution in [-0.2, 0) is 16.0 Å². The van der Waals surface area contributed by atoms with Crippen molar-refractivity contribution in [3.05, 3.63) is 27.7 Å². The Balaban J connectivity index is 3.33. The first-order valence-electron chi connectivity index (χ1n) is 4.82. The second kappa shape index (κ2) is 5.93. The number of nitriles is 1. The molecular weight excluding hydrogens is 331 g/mol. The molecule has 8 heteroatoms. The first-order chi connectivity index (χ1) is 8.78. The lowest BCUT2D eigenvalue weighted by Crippen LogP contribution is -2.20. The molecule has 1 aromatic carbocycles. The zero-order valence-corrected chi connectivity index (χ0v) is 11.1. The highest BCUT2D eigenvalue weighted by Crippen LogP contribution is 2.35. The number of esters is 1. The molecule has 19 heavy (non-hydrogen) atoms. The second-order valence-corrected chi connectivity index (χ2v) is 4.17. The van der Waals surface area contributed by atoms with Crippen LogP contribution in [0.1, 0.15) is 11.1 Å². The van der Waals surface area contributed by atoms with Gasteiger partial charge in [-0.05, 0) is 12.1 Å². The average Bonchev–Trinajstić information content (AvgIpc) is 2.32. The molecule has 0 N–H and O–H groups in total. The van der Waals surface area contributed by atoms with E-state index in [4.69, 9.17) is 5.26 Å². The van der Waals surface area contributed by atoms with Crippen molar-refractivity contribution in [3.8, 4) is 11.8 Å². The summed E-state index contributed by atoms with van der Waals surface area (Å²) in [4.78, 5) is 11.2. The van der Waals surface area contributed by atoms with Gasteiger partial charge in [0.25, 0.3) is 0 Å². The lowest BCUT2D eigenvalue weighted by Gasteiger charge is -2.15. The van der Waals surface area contributed by atoms with E-state index in [0.717, 1.165) is 13.2 Å². The molecular formula is C11H7BrF3NO3. The molecule has 1 rings (SSSR count). The van der Waals surface area contributed by atoms with Gasteiger partial charge in [0.05, 0.1) is 19.1 Å². The molecule has 0 aliphatic carbocycles. The predicted molar refractivity (Wildman–Crippen MR) is 61.3 cm³/mol. The van der Waals surface area contributed by atoms with E-state index in [9.17, 15) is 18.0 Å². The number of carbonyl (C=O) groups excluding carboxylic acids is 1. The number of nitrogens with zero attached hydrogens (tertiary/aromatic N) is 1. The van der Waals surface area contributed by atoms with E-state index in [0.29, 0.717) is 0 Å². The summed E-state index contributed by atoms with van der Waals surface area (Å²) in [6.45, 7) is 0. The third kappa shape index (κ3) is 4.13. The minimum Gasteiger partial charge on any atom is -0.469 e. The highest BCUT2D eigenvalue weighted by Gasteiger charge is 2.34. The van der Waals surface area contributed by atoms with Crippen LogP contribution in [0.2, 0.25) is 0 Å². The third-order valence-corrected chi connectivity index (χ3v) is 2.83. The van der Waals surface area contributed by atoms with Crippen LogP contribution in [0, 0.1) is 11.3 Å². The lowest BCUT2D eigenvalue weighted by molar-refractivity contribution is -0.275. The summed E-state index contributed by atoms with van der Waals surface area (Å²) in [5.74, 6) is -1.45. The minimum absolute atomic E-state index is 0.0942. The van der Waals surface area contributed by atoms with Gasteiger partial charge in [-0.15, -0.1) is 13.2 Å². The van der Waals surface area contributed by atoms with Gasteiger partial charge in [0, 0.05) is 10.0 Å². The number of hydrogen-bond donors (Lipinski definition) is 0. The van der Waals surface area contributed by atoms with Gasteiger partial charge in [0.1, 0.15) is 6.07 Å². The van der Waals surface area contributed by atoms with Crippen molar-refractivity contribution in [2.75, 3.05) is 7.11 Å². The van der Waals surface area contributed by atoms with Crippen molar-refractivity contribution < 1.29 is 27.4 Å². The fraction of sp³-hybridized carbons (Fsp3) is 0.273. The van der Waals surface area contributed by atoms with Gasteiger partial charge < -0.3 is 9.47 Å². The molecule has 0 unspecified atom stereocenters. The van der Waals surface area contributed by atoms with Gasteiger partial charge in [0.2, 0.25) is 0 Å². The Labute approximate surface area is 114 Å². The smallest absolute Gasteiger partial charge is 0.469 e. The molecule has 0 amide bonds. The molecule has 102 valence electrons. The largest absolute Gasteiger partial charge is 0.573 e. The number of hydrogen-bond acceptors (Lipinski definition) is 4. The number of ether oxygens (including phenoxy) is 2. The second-order valence-electron chi connectivity index (χ2n) is 3.32. The zero-order valence-electron chi connectivity index (χ0n) is 9.55. The molecule has 1 aromatic rings. The molecule has 0 aliphatic heterocycles. The standard InChI is InChI=1S/C11H7BrF3NO3/c1-18-9(17)4-7-8(12)3-2-6(5-16)10(7)19-11(13,14)15/h2-3H,4H2,1H3. The molecule has 0 heterocycles. The van der Waals surface area contributed by atoms with E-state index in [-0.39, 0.29) is 15.6 Å². The topological polar surface area (TPSA) is 59.3 Å². The summed E-state index contributed by atoms with van der Waals surface area (Å²) in [6.07, 6.45) is -5.41. The molecule has 0 spiro atoms. The molecule has 0 bridgehead atoms. The molecule has 0 saturated carbocycles. The zero-order chi connectivity index (χ0) is 14.6. The minimum atomic E-state index is -4.96. The van der Waals surface area contributed by atoms with Gasteiger partial charge in [-0.1, -0.05) is 15.9 Å². The fourth-order valence-electron chi connectivity index (χ4n) is 1.31. The van der Waals surface area contributed by atoms with Gasteiger partial charge in [-0.3, -0.25) is 4.79 Å². The van der Waals surface area contributed by atoms with Crippen LogP contribution < -0.4 is 4.74 Å². The van der Waals surface area contributed by atoms with E-state index < -0.39 is 24.5 Å². The number of rotatable bonds is 3. The molecule has 0 saturated heterocycles. The van der Waals surface area contributed by atoms with Crippen LogP contribution in [-0.4, -0.2) is 19.4 Å². The van der Waals surface area contributed by atoms with Gasteiger partial charge in [-0.25, -0.2) is 0 Å². The molecule has 0 aliphatic rings. The Morgan fingerprint density at radius 3 is 2.58 bits per heavy atom. The summed E-state index contributed by atoms with van der Waals surface area (Å²) >= 11 is 3.01. The Kier molecular flexibility index (Phi) is 4.78. The highest BCUT2D eigenvalue weighted by molar-refractivity contribution is 9.10. The normalized spacial score (nSPS) is 10.7. The Morgan fingerprint density at radius 1 is 1.47 bits per heavy atom. The summed E-state index contributed by atoms with van der Waals surface area (Å²) in [7, 11) is 1.11. The van der Waals surface area contributed by atoms with E-state index in [1.807, 2.05) is 0 Å². The van der Waals surface area contributed by atoms with Crippen molar-refractivity contribution in [1.82, 2.24) is 0 Å².